The summed E-state index contributed by atoms with van der Waals surface area (Å²) in [6, 6.07) is 17.5. The van der Waals surface area contributed by atoms with Crippen LogP contribution in [0.2, 0.25) is 0 Å². The smallest absolute Gasteiger partial charge is 0.137 e. The van der Waals surface area contributed by atoms with Crippen LogP contribution in [-0.2, 0) is 0 Å². The van der Waals surface area contributed by atoms with Crippen molar-refractivity contribution in [2.75, 3.05) is 0 Å². The minimum absolute atomic E-state index is 0.399. The summed E-state index contributed by atoms with van der Waals surface area (Å²) < 4.78 is 11.8. The fraction of sp³-hybridized carbons (Fsp3) is 0.111. The first kappa shape index (κ1) is 12.2. The van der Waals surface area contributed by atoms with Crippen molar-refractivity contribution >= 4 is 21.9 Å². The van der Waals surface area contributed by atoms with E-state index in [1.165, 1.54) is 0 Å². The van der Waals surface area contributed by atoms with E-state index in [9.17, 15) is 0 Å². The fourth-order valence-electron chi connectivity index (χ4n) is 2.68. The van der Waals surface area contributed by atoms with Crippen molar-refractivity contribution in [3.05, 3.63) is 71.7 Å². The van der Waals surface area contributed by atoms with Gasteiger partial charge in [0, 0.05) is 10.8 Å². The first-order chi connectivity index (χ1) is 10.2. The summed E-state index contributed by atoms with van der Waals surface area (Å²) in [5.41, 5.74) is 9.14. The van der Waals surface area contributed by atoms with Crippen LogP contribution in [0.15, 0.2) is 63.4 Å². The van der Waals surface area contributed by atoms with Crippen LogP contribution in [0, 0.1) is 6.92 Å². The highest BCUT2D eigenvalue weighted by Gasteiger charge is 2.18. The molecule has 3 heteroatoms. The largest absolute Gasteiger partial charge is 0.459 e. The van der Waals surface area contributed by atoms with Crippen molar-refractivity contribution < 1.29 is 8.83 Å². The van der Waals surface area contributed by atoms with Crippen molar-refractivity contribution in [3.63, 3.8) is 0 Å². The number of para-hydroxylation sites is 2. The van der Waals surface area contributed by atoms with Gasteiger partial charge >= 0.3 is 0 Å². The zero-order chi connectivity index (χ0) is 14.4. The highest BCUT2D eigenvalue weighted by molar-refractivity contribution is 5.81. The Labute approximate surface area is 122 Å². The Hall–Kier alpha value is -2.52. The molecular weight excluding hydrogens is 262 g/mol. The Balaban J connectivity index is 1.81. The molecule has 2 N–H and O–H groups in total. The number of nitrogens with two attached hydrogens (primary N) is 1. The second-order valence-corrected chi connectivity index (χ2v) is 5.31. The third-order valence-corrected chi connectivity index (χ3v) is 3.82. The lowest BCUT2D eigenvalue weighted by atomic mass is 10.1. The number of furan rings is 2. The summed E-state index contributed by atoms with van der Waals surface area (Å²) in [7, 11) is 0. The molecule has 4 aromatic rings. The van der Waals surface area contributed by atoms with Crippen LogP contribution in [0.3, 0.4) is 0 Å². The monoisotopic (exact) mass is 277 g/mol. The van der Waals surface area contributed by atoms with Gasteiger partial charge in [-0.1, -0.05) is 36.4 Å². The quantitative estimate of drug-likeness (QED) is 0.585. The molecule has 1 atom stereocenters. The number of hydrogen-bond donors (Lipinski definition) is 1. The van der Waals surface area contributed by atoms with Crippen LogP contribution in [0.1, 0.15) is 23.1 Å². The van der Waals surface area contributed by atoms with E-state index >= 15 is 0 Å². The third-order valence-electron chi connectivity index (χ3n) is 3.82. The van der Waals surface area contributed by atoms with Crippen LogP contribution >= 0.6 is 0 Å². The maximum absolute atomic E-state index is 6.31. The minimum atomic E-state index is -0.399. The molecule has 104 valence electrons. The van der Waals surface area contributed by atoms with Crippen LogP contribution in [0.4, 0.5) is 0 Å². The zero-order valence-electron chi connectivity index (χ0n) is 11.7. The van der Waals surface area contributed by atoms with E-state index in [0.29, 0.717) is 5.76 Å². The summed E-state index contributed by atoms with van der Waals surface area (Å²) in [5, 5.41) is 2.12. The van der Waals surface area contributed by atoms with Crippen LogP contribution in [0.5, 0.6) is 0 Å². The number of hydrogen-bond acceptors (Lipinski definition) is 3. The molecule has 2 aromatic heterocycles. The maximum atomic E-state index is 6.31. The lowest BCUT2D eigenvalue weighted by molar-refractivity contribution is 0.462. The van der Waals surface area contributed by atoms with Crippen molar-refractivity contribution in [2.45, 2.75) is 13.0 Å². The highest BCUT2D eigenvalue weighted by Crippen LogP contribution is 2.31. The van der Waals surface area contributed by atoms with Gasteiger partial charge in [-0.25, -0.2) is 0 Å². The van der Waals surface area contributed by atoms with E-state index in [1.807, 2.05) is 61.5 Å². The summed E-state index contributed by atoms with van der Waals surface area (Å²) in [4.78, 5) is 0. The van der Waals surface area contributed by atoms with E-state index in [0.717, 1.165) is 33.3 Å². The van der Waals surface area contributed by atoms with Crippen molar-refractivity contribution in [2.24, 2.45) is 5.73 Å². The zero-order valence-corrected chi connectivity index (χ0v) is 11.7. The third kappa shape index (κ3) is 1.94. The van der Waals surface area contributed by atoms with Crippen molar-refractivity contribution in [1.29, 1.82) is 0 Å². The van der Waals surface area contributed by atoms with Gasteiger partial charge in [-0.3, -0.25) is 0 Å². The lowest BCUT2D eigenvalue weighted by Crippen LogP contribution is -2.09. The predicted molar refractivity (Wildman–Crippen MR) is 83.2 cm³/mol. The summed E-state index contributed by atoms with van der Waals surface area (Å²) in [6.45, 7) is 2.03. The van der Waals surface area contributed by atoms with Gasteiger partial charge in [0.25, 0.3) is 0 Å². The Bertz CT molecular complexity index is 900. The van der Waals surface area contributed by atoms with E-state index < -0.39 is 6.04 Å². The Morgan fingerprint density at radius 3 is 2.38 bits per heavy atom. The van der Waals surface area contributed by atoms with Crippen LogP contribution in [0.25, 0.3) is 21.9 Å². The number of rotatable bonds is 2. The van der Waals surface area contributed by atoms with Gasteiger partial charge in [0.1, 0.15) is 28.7 Å². The molecule has 0 amide bonds. The highest BCUT2D eigenvalue weighted by atomic mass is 16.4. The molecule has 0 aliphatic carbocycles. The summed E-state index contributed by atoms with van der Waals surface area (Å²) >= 11 is 0. The number of benzene rings is 2. The normalized spacial score (nSPS) is 13.0. The molecule has 3 nitrogen and oxygen atoms in total. The minimum Gasteiger partial charge on any atom is -0.459 e. The molecule has 0 fully saturated rings. The van der Waals surface area contributed by atoms with Gasteiger partial charge in [0.2, 0.25) is 0 Å². The van der Waals surface area contributed by atoms with Gasteiger partial charge in [0.15, 0.2) is 0 Å². The number of aryl methyl sites for hydroxylation is 1. The maximum Gasteiger partial charge on any atom is 0.137 e. The Morgan fingerprint density at radius 2 is 1.57 bits per heavy atom. The molecule has 0 saturated carbocycles. The Morgan fingerprint density at radius 1 is 0.857 bits per heavy atom. The predicted octanol–water partition coefficient (Wildman–Crippen LogP) is 4.54. The molecule has 0 spiro atoms. The lowest BCUT2D eigenvalue weighted by Gasteiger charge is -2.04. The van der Waals surface area contributed by atoms with Crippen molar-refractivity contribution in [1.82, 2.24) is 0 Å². The van der Waals surface area contributed by atoms with E-state index in [4.69, 9.17) is 14.6 Å². The molecule has 2 heterocycles. The van der Waals surface area contributed by atoms with E-state index in [2.05, 4.69) is 0 Å². The average molecular weight is 277 g/mol. The SMILES string of the molecule is Cc1cccc2cc(C(N)c3cc4ccccc4o3)oc12. The molecule has 21 heavy (non-hydrogen) atoms. The Kier molecular flexibility index (Phi) is 2.62. The first-order valence-corrected chi connectivity index (χ1v) is 6.95. The fourth-order valence-corrected chi connectivity index (χ4v) is 2.68. The molecule has 1 unspecified atom stereocenters. The second-order valence-electron chi connectivity index (χ2n) is 5.31. The van der Waals surface area contributed by atoms with Crippen LogP contribution < -0.4 is 5.73 Å². The van der Waals surface area contributed by atoms with E-state index in [-0.39, 0.29) is 0 Å². The molecule has 0 saturated heterocycles. The average Bonchev–Trinajstić information content (AvgIpc) is 3.11. The van der Waals surface area contributed by atoms with Gasteiger partial charge in [-0.15, -0.1) is 0 Å². The topological polar surface area (TPSA) is 52.3 Å². The van der Waals surface area contributed by atoms with Gasteiger partial charge in [-0.05, 0) is 30.7 Å². The molecular formula is C18H15NO2. The van der Waals surface area contributed by atoms with Crippen molar-refractivity contribution in [3.8, 4) is 0 Å². The molecule has 0 radical (unpaired) electrons. The van der Waals surface area contributed by atoms with Gasteiger partial charge in [-0.2, -0.15) is 0 Å². The van der Waals surface area contributed by atoms with E-state index in [1.54, 1.807) is 0 Å². The molecule has 4 rings (SSSR count). The summed E-state index contributed by atoms with van der Waals surface area (Å²) in [6.07, 6.45) is 0. The molecule has 0 aliphatic heterocycles. The number of fused-ring (bicyclic) bond motifs is 2. The van der Waals surface area contributed by atoms with Gasteiger partial charge in [0.05, 0.1) is 0 Å². The molecule has 2 aromatic carbocycles. The molecule has 0 aliphatic rings. The standard InChI is InChI=1S/C18H15NO2/c1-11-5-4-7-13-10-16(21-18(11)13)17(19)15-9-12-6-2-3-8-14(12)20-15/h2-10,17H,19H2,1H3. The summed E-state index contributed by atoms with van der Waals surface area (Å²) in [5.74, 6) is 1.44. The second kappa shape index (κ2) is 4.50. The molecule has 0 bridgehead atoms. The van der Waals surface area contributed by atoms with Crippen LogP contribution in [-0.4, -0.2) is 0 Å². The first-order valence-electron chi connectivity index (χ1n) is 6.95. The van der Waals surface area contributed by atoms with Gasteiger partial charge < -0.3 is 14.6 Å².